The molecule has 0 aromatic heterocycles. The monoisotopic (exact) mass is 205 g/mol. The van der Waals surface area contributed by atoms with Crippen LogP contribution in [0.15, 0.2) is 24.3 Å². The van der Waals surface area contributed by atoms with Crippen molar-refractivity contribution in [3.05, 3.63) is 29.8 Å². The summed E-state index contributed by atoms with van der Waals surface area (Å²) in [5.74, 6) is 0. The topological polar surface area (TPSA) is 26.0 Å². The largest absolute Gasteiger partial charge is 0.399 e. The number of aryl methyl sites for hydroxylation is 1. The van der Waals surface area contributed by atoms with E-state index in [1.807, 2.05) is 12.1 Å². The average Bonchev–Trinajstić information content (AvgIpc) is 2.17. The third-order valence-corrected chi connectivity index (χ3v) is 3.00. The molecule has 15 heavy (non-hydrogen) atoms. The lowest BCUT2D eigenvalue weighted by Crippen LogP contribution is -2.11. The Morgan fingerprint density at radius 3 is 2.20 bits per heavy atom. The van der Waals surface area contributed by atoms with E-state index in [0.717, 1.165) is 12.1 Å². The van der Waals surface area contributed by atoms with Crippen LogP contribution in [0.25, 0.3) is 0 Å². The lowest BCUT2D eigenvalue weighted by atomic mass is 9.82. The van der Waals surface area contributed by atoms with Gasteiger partial charge in [0.25, 0.3) is 0 Å². The first kappa shape index (κ1) is 12.1. The predicted octanol–water partition coefficient (Wildman–Crippen LogP) is 4.03. The summed E-state index contributed by atoms with van der Waals surface area (Å²) in [7, 11) is 0. The number of benzene rings is 1. The van der Waals surface area contributed by atoms with Crippen LogP contribution in [0.4, 0.5) is 5.69 Å². The predicted molar refractivity (Wildman–Crippen MR) is 67.9 cm³/mol. The van der Waals surface area contributed by atoms with Crippen molar-refractivity contribution in [3.63, 3.8) is 0 Å². The van der Waals surface area contributed by atoms with Crippen molar-refractivity contribution in [1.82, 2.24) is 0 Å². The summed E-state index contributed by atoms with van der Waals surface area (Å²) in [5.41, 5.74) is 8.37. The van der Waals surface area contributed by atoms with Gasteiger partial charge in [0.1, 0.15) is 0 Å². The van der Waals surface area contributed by atoms with Gasteiger partial charge < -0.3 is 5.73 Å². The van der Waals surface area contributed by atoms with Gasteiger partial charge in [-0.1, -0.05) is 39.3 Å². The molecule has 0 aliphatic heterocycles. The third kappa shape index (κ3) is 4.37. The maximum atomic E-state index is 5.66. The van der Waals surface area contributed by atoms with Crippen molar-refractivity contribution in [2.24, 2.45) is 5.41 Å². The molecule has 0 amide bonds. The normalized spacial score (nSPS) is 11.7. The fourth-order valence-electron chi connectivity index (χ4n) is 1.97. The number of nitrogen functional groups attached to an aromatic ring is 1. The van der Waals surface area contributed by atoms with E-state index in [-0.39, 0.29) is 0 Å². The summed E-state index contributed by atoms with van der Waals surface area (Å²) in [5, 5.41) is 0. The molecule has 0 aliphatic carbocycles. The molecule has 0 unspecified atom stereocenters. The average molecular weight is 205 g/mol. The van der Waals surface area contributed by atoms with Crippen LogP contribution in [0.5, 0.6) is 0 Å². The number of rotatable bonds is 5. The van der Waals surface area contributed by atoms with Gasteiger partial charge in [-0.25, -0.2) is 0 Å². The van der Waals surface area contributed by atoms with Gasteiger partial charge in [0, 0.05) is 5.69 Å². The Balaban J connectivity index is 2.46. The highest BCUT2D eigenvalue weighted by molar-refractivity contribution is 5.39. The minimum absolute atomic E-state index is 0.468. The van der Waals surface area contributed by atoms with E-state index in [1.54, 1.807) is 0 Å². The third-order valence-electron chi connectivity index (χ3n) is 3.00. The molecule has 0 radical (unpaired) electrons. The Morgan fingerprint density at radius 2 is 1.67 bits per heavy atom. The Hall–Kier alpha value is -0.980. The Kier molecular flexibility index (Phi) is 4.19. The Morgan fingerprint density at radius 1 is 1.07 bits per heavy atom. The van der Waals surface area contributed by atoms with E-state index in [1.165, 1.54) is 24.8 Å². The summed E-state index contributed by atoms with van der Waals surface area (Å²) in [6.45, 7) is 6.96. The van der Waals surface area contributed by atoms with Gasteiger partial charge in [-0.3, -0.25) is 0 Å². The molecule has 0 heterocycles. The van der Waals surface area contributed by atoms with Gasteiger partial charge in [-0.2, -0.15) is 0 Å². The molecule has 1 rings (SSSR count). The molecular weight excluding hydrogens is 182 g/mol. The second kappa shape index (κ2) is 5.20. The molecule has 0 aliphatic rings. The quantitative estimate of drug-likeness (QED) is 0.722. The van der Waals surface area contributed by atoms with Crippen LogP contribution >= 0.6 is 0 Å². The maximum Gasteiger partial charge on any atom is 0.0314 e. The fraction of sp³-hybridized carbons (Fsp3) is 0.571. The number of nitrogens with two attached hydrogens (primary N) is 1. The molecule has 0 spiro atoms. The number of hydrogen-bond donors (Lipinski definition) is 1. The molecule has 0 saturated heterocycles. The molecule has 2 N–H and O–H groups in total. The first-order chi connectivity index (χ1) is 7.03. The number of anilines is 1. The van der Waals surface area contributed by atoms with Crippen LogP contribution in [0.1, 0.15) is 45.6 Å². The first-order valence-corrected chi connectivity index (χ1v) is 5.88. The van der Waals surface area contributed by atoms with Crippen LogP contribution in [0.2, 0.25) is 0 Å². The van der Waals surface area contributed by atoms with E-state index in [0.29, 0.717) is 5.41 Å². The molecule has 1 aromatic rings. The van der Waals surface area contributed by atoms with E-state index < -0.39 is 0 Å². The van der Waals surface area contributed by atoms with E-state index in [9.17, 15) is 0 Å². The fourth-order valence-corrected chi connectivity index (χ4v) is 1.97. The van der Waals surface area contributed by atoms with Gasteiger partial charge >= 0.3 is 0 Å². The lowest BCUT2D eigenvalue weighted by Gasteiger charge is -2.23. The molecule has 1 nitrogen and oxygen atoms in total. The maximum absolute atomic E-state index is 5.66. The van der Waals surface area contributed by atoms with Gasteiger partial charge in [0.05, 0.1) is 0 Å². The SMILES string of the molecule is CCCC(C)(C)CCc1ccc(N)cc1. The second-order valence-electron chi connectivity index (χ2n) is 5.16. The van der Waals surface area contributed by atoms with Crippen molar-refractivity contribution >= 4 is 5.69 Å². The van der Waals surface area contributed by atoms with E-state index in [2.05, 4.69) is 32.9 Å². The summed E-state index contributed by atoms with van der Waals surface area (Å²) < 4.78 is 0. The van der Waals surface area contributed by atoms with E-state index in [4.69, 9.17) is 5.73 Å². The van der Waals surface area contributed by atoms with Crippen molar-refractivity contribution in [2.75, 3.05) is 5.73 Å². The van der Waals surface area contributed by atoms with Gasteiger partial charge in [0.15, 0.2) is 0 Å². The van der Waals surface area contributed by atoms with Crippen LogP contribution in [0.3, 0.4) is 0 Å². The van der Waals surface area contributed by atoms with Gasteiger partial charge in [0.2, 0.25) is 0 Å². The molecule has 0 atom stereocenters. The Labute approximate surface area is 93.7 Å². The lowest BCUT2D eigenvalue weighted by molar-refractivity contribution is 0.304. The summed E-state index contributed by atoms with van der Waals surface area (Å²) >= 11 is 0. The molecule has 1 heteroatoms. The summed E-state index contributed by atoms with van der Waals surface area (Å²) in [6, 6.07) is 8.25. The minimum atomic E-state index is 0.468. The van der Waals surface area contributed by atoms with Gasteiger partial charge in [-0.05, 0) is 42.4 Å². The van der Waals surface area contributed by atoms with Crippen LogP contribution in [-0.2, 0) is 6.42 Å². The van der Waals surface area contributed by atoms with Crippen molar-refractivity contribution in [3.8, 4) is 0 Å². The summed E-state index contributed by atoms with van der Waals surface area (Å²) in [4.78, 5) is 0. The van der Waals surface area contributed by atoms with Crippen LogP contribution in [0, 0.1) is 5.41 Å². The van der Waals surface area contributed by atoms with Crippen molar-refractivity contribution in [2.45, 2.75) is 46.5 Å². The molecule has 0 fully saturated rings. The van der Waals surface area contributed by atoms with Crippen molar-refractivity contribution < 1.29 is 0 Å². The highest BCUT2D eigenvalue weighted by Gasteiger charge is 2.15. The molecule has 0 saturated carbocycles. The van der Waals surface area contributed by atoms with Crippen LogP contribution < -0.4 is 5.73 Å². The number of hydrogen-bond acceptors (Lipinski definition) is 1. The smallest absolute Gasteiger partial charge is 0.0314 e. The van der Waals surface area contributed by atoms with Crippen molar-refractivity contribution in [1.29, 1.82) is 0 Å². The van der Waals surface area contributed by atoms with E-state index >= 15 is 0 Å². The van der Waals surface area contributed by atoms with Crippen LogP contribution in [-0.4, -0.2) is 0 Å². The Bertz CT molecular complexity index is 285. The zero-order valence-corrected chi connectivity index (χ0v) is 10.2. The highest BCUT2D eigenvalue weighted by Crippen LogP contribution is 2.28. The standard InChI is InChI=1S/C14H23N/c1-4-10-14(2,3)11-9-12-5-7-13(15)8-6-12/h5-8H,4,9-11,15H2,1-3H3. The highest BCUT2D eigenvalue weighted by atomic mass is 14.5. The summed E-state index contributed by atoms with van der Waals surface area (Å²) in [6.07, 6.45) is 4.99. The molecule has 0 bridgehead atoms. The van der Waals surface area contributed by atoms with Gasteiger partial charge in [-0.15, -0.1) is 0 Å². The zero-order chi connectivity index (χ0) is 11.3. The second-order valence-corrected chi connectivity index (χ2v) is 5.16. The molecule has 1 aromatic carbocycles. The molecular formula is C14H23N. The first-order valence-electron chi connectivity index (χ1n) is 5.88. The minimum Gasteiger partial charge on any atom is -0.399 e. The molecule has 84 valence electrons. The zero-order valence-electron chi connectivity index (χ0n) is 10.2.